The van der Waals surface area contributed by atoms with Crippen molar-refractivity contribution in [3.05, 3.63) is 36.1 Å². The maximum absolute atomic E-state index is 12.9. The molecule has 1 fully saturated rings. The molecule has 3 rings (SSSR count). The van der Waals surface area contributed by atoms with Crippen LogP contribution in [0.25, 0.3) is 0 Å². The van der Waals surface area contributed by atoms with Crippen molar-refractivity contribution in [1.82, 2.24) is 9.97 Å². The van der Waals surface area contributed by atoms with Gasteiger partial charge in [0.15, 0.2) is 0 Å². The first-order valence-electron chi connectivity index (χ1n) is 6.95. The summed E-state index contributed by atoms with van der Waals surface area (Å²) < 4.78 is 18.2. The van der Waals surface area contributed by atoms with Gasteiger partial charge in [0, 0.05) is 24.8 Å². The zero-order valence-corrected chi connectivity index (χ0v) is 11.8. The van der Waals surface area contributed by atoms with Crippen molar-refractivity contribution in [3.8, 4) is 5.88 Å². The molecule has 0 spiro atoms. The highest BCUT2D eigenvalue weighted by atomic mass is 19.1. The van der Waals surface area contributed by atoms with E-state index in [0.717, 1.165) is 24.6 Å². The van der Waals surface area contributed by atoms with Crippen molar-refractivity contribution in [2.75, 3.05) is 30.4 Å². The molecule has 1 aromatic carbocycles. The lowest BCUT2D eigenvalue weighted by Gasteiger charge is -2.18. The summed E-state index contributed by atoms with van der Waals surface area (Å²) in [5, 5.41) is 3.07. The maximum atomic E-state index is 12.9. The van der Waals surface area contributed by atoms with Gasteiger partial charge in [-0.1, -0.05) is 0 Å². The summed E-state index contributed by atoms with van der Waals surface area (Å²) in [5.41, 5.74) is 0.733. The van der Waals surface area contributed by atoms with E-state index in [0.29, 0.717) is 11.8 Å². The molecule has 0 saturated carbocycles. The van der Waals surface area contributed by atoms with E-state index in [1.807, 2.05) is 6.07 Å². The molecule has 1 N–H and O–H groups in total. The summed E-state index contributed by atoms with van der Waals surface area (Å²) >= 11 is 0. The number of nitrogens with one attached hydrogen (secondary N) is 1. The van der Waals surface area contributed by atoms with Crippen LogP contribution in [0.15, 0.2) is 30.3 Å². The van der Waals surface area contributed by atoms with Crippen LogP contribution in [0.5, 0.6) is 5.88 Å². The molecule has 21 heavy (non-hydrogen) atoms. The number of rotatable bonds is 4. The van der Waals surface area contributed by atoms with Crippen LogP contribution < -0.4 is 15.0 Å². The fourth-order valence-corrected chi connectivity index (χ4v) is 2.34. The predicted octanol–water partition coefficient (Wildman–Crippen LogP) is 2.97. The molecule has 1 aliphatic rings. The number of halogens is 1. The van der Waals surface area contributed by atoms with Crippen molar-refractivity contribution in [1.29, 1.82) is 0 Å². The quantitative estimate of drug-likeness (QED) is 0.937. The standard InChI is InChI=1S/C15H17FN4O/c1-21-14-10-13(20-8-2-3-9-20)18-15(19-14)17-12-6-4-11(16)5-7-12/h4-7,10H,2-3,8-9H2,1H3,(H,17,18,19). The second-order valence-corrected chi connectivity index (χ2v) is 4.92. The summed E-state index contributed by atoms with van der Waals surface area (Å²) in [7, 11) is 1.58. The minimum Gasteiger partial charge on any atom is -0.481 e. The van der Waals surface area contributed by atoms with Crippen LogP contribution in [0, 0.1) is 5.82 Å². The molecule has 0 amide bonds. The first kappa shape index (κ1) is 13.6. The number of aromatic nitrogens is 2. The molecule has 0 atom stereocenters. The fourth-order valence-electron chi connectivity index (χ4n) is 2.34. The summed E-state index contributed by atoms with van der Waals surface area (Å²) in [6.07, 6.45) is 2.35. The number of anilines is 3. The second-order valence-electron chi connectivity index (χ2n) is 4.92. The van der Waals surface area contributed by atoms with E-state index in [2.05, 4.69) is 20.2 Å². The molecule has 110 valence electrons. The van der Waals surface area contributed by atoms with Crippen LogP contribution in [-0.4, -0.2) is 30.2 Å². The first-order valence-corrected chi connectivity index (χ1v) is 6.95. The Balaban J connectivity index is 1.86. The van der Waals surface area contributed by atoms with E-state index in [1.54, 1.807) is 19.2 Å². The molecule has 0 radical (unpaired) electrons. The Labute approximate surface area is 122 Å². The molecule has 2 heterocycles. The molecule has 6 heteroatoms. The molecular weight excluding hydrogens is 271 g/mol. The van der Waals surface area contributed by atoms with E-state index < -0.39 is 0 Å². The third kappa shape index (κ3) is 3.21. The summed E-state index contributed by atoms with van der Waals surface area (Å²) in [4.78, 5) is 11.0. The van der Waals surface area contributed by atoms with Crippen LogP contribution >= 0.6 is 0 Å². The van der Waals surface area contributed by atoms with Crippen molar-refractivity contribution in [2.45, 2.75) is 12.8 Å². The van der Waals surface area contributed by atoms with E-state index in [4.69, 9.17) is 4.74 Å². The highest BCUT2D eigenvalue weighted by Gasteiger charge is 2.16. The lowest BCUT2D eigenvalue weighted by Crippen LogP contribution is -2.19. The highest BCUT2D eigenvalue weighted by molar-refractivity contribution is 5.56. The molecule has 0 bridgehead atoms. The van der Waals surface area contributed by atoms with E-state index >= 15 is 0 Å². The number of hydrogen-bond acceptors (Lipinski definition) is 5. The molecule has 0 unspecified atom stereocenters. The fraction of sp³-hybridized carbons (Fsp3) is 0.333. The zero-order valence-electron chi connectivity index (χ0n) is 11.8. The van der Waals surface area contributed by atoms with E-state index in [1.165, 1.54) is 25.0 Å². The Morgan fingerprint density at radius 1 is 1.14 bits per heavy atom. The lowest BCUT2D eigenvalue weighted by molar-refractivity contribution is 0.397. The van der Waals surface area contributed by atoms with Gasteiger partial charge in [-0.05, 0) is 37.1 Å². The van der Waals surface area contributed by atoms with Gasteiger partial charge in [-0.15, -0.1) is 0 Å². The first-order chi connectivity index (χ1) is 10.2. The average molecular weight is 288 g/mol. The largest absolute Gasteiger partial charge is 0.481 e. The smallest absolute Gasteiger partial charge is 0.232 e. The van der Waals surface area contributed by atoms with Crippen LogP contribution in [0.4, 0.5) is 21.8 Å². The van der Waals surface area contributed by atoms with Crippen molar-refractivity contribution in [2.24, 2.45) is 0 Å². The van der Waals surface area contributed by atoms with Crippen molar-refractivity contribution >= 4 is 17.5 Å². The molecule has 2 aromatic rings. The van der Waals surface area contributed by atoms with Crippen molar-refractivity contribution < 1.29 is 9.13 Å². The summed E-state index contributed by atoms with van der Waals surface area (Å²) in [6, 6.07) is 7.91. The van der Waals surface area contributed by atoms with Gasteiger partial charge >= 0.3 is 0 Å². The number of ether oxygens (including phenoxy) is 1. The van der Waals surface area contributed by atoms with Gasteiger partial charge in [0.2, 0.25) is 11.8 Å². The van der Waals surface area contributed by atoms with Crippen LogP contribution in [0.2, 0.25) is 0 Å². The van der Waals surface area contributed by atoms with E-state index in [-0.39, 0.29) is 5.82 Å². The van der Waals surface area contributed by atoms with Gasteiger partial charge in [0.25, 0.3) is 0 Å². The monoisotopic (exact) mass is 288 g/mol. The van der Waals surface area contributed by atoms with Gasteiger partial charge in [-0.25, -0.2) is 4.39 Å². The Bertz CT molecular complexity index is 612. The minimum absolute atomic E-state index is 0.273. The molecule has 1 saturated heterocycles. The lowest BCUT2D eigenvalue weighted by atomic mass is 10.3. The molecule has 0 aliphatic carbocycles. The zero-order chi connectivity index (χ0) is 14.7. The van der Waals surface area contributed by atoms with Gasteiger partial charge in [0.1, 0.15) is 11.6 Å². The summed E-state index contributed by atoms with van der Waals surface area (Å²) in [6.45, 7) is 1.99. The third-order valence-electron chi connectivity index (χ3n) is 3.43. The Morgan fingerprint density at radius 2 is 1.86 bits per heavy atom. The average Bonchev–Trinajstić information content (AvgIpc) is 3.04. The maximum Gasteiger partial charge on any atom is 0.232 e. The molecular formula is C15H17FN4O. The number of methoxy groups -OCH3 is 1. The Hall–Kier alpha value is -2.37. The van der Waals surface area contributed by atoms with E-state index in [9.17, 15) is 4.39 Å². The Kier molecular flexibility index (Phi) is 3.85. The molecule has 1 aliphatic heterocycles. The minimum atomic E-state index is -0.273. The van der Waals surface area contributed by atoms with Gasteiger partial charge in [-0.3, -0.25) is 0 Å². The number of hydrogen-bond donors (Lipinski definition) is 1. The predicted molar refractivity (Wildman–Crippen MR) is 79.7 cm³/mol. The van der Waals surface area contributed by atoms with Gasteiger partial charge in [-0.2, -0.15) is 9.97 Å². The molecule has 1 aromatic heterocycles. The number of benzene rings is 1. The topological polar surface area (TPSA) is 50.3 Å². The normalized spacial score (nSPS) is 14.3. The van der Waals surface area contributed by atoms with Crippen LogP contribution in [-0.2, 0) is 0 Å². The highest BCUT2D eigenvalue weighted by Crippen LogP contribution is 2.24. The van der Waals surface area contributed by atoms with Crippen LogP contribution in [0.3, 0.4) is 0 Å². The second kappa shape index (κ2) is 5.95. The van der Waals surface area contributed by atoms with Gasteiger partial charge < -0.3 is 15.0 Å². The number of nitrogens with zero attached hydrogens (tertiary/aromatic N) is 3. The molecule has 5 nitrogen and oxygen atoms in total. The third-order valence-corrected chi connectivity index (χ3v) is 3.43. The van der Waals surface area contributed by atoms with Crippen molar-refractivity contribution in [3.63, 3.8) is 0 Å². The summed E-state index contributed by atoms with van der Waals surface area (Å²) in [5.74, 6) is 1.54. The van der Waals surface area contributed by atoms with Crippen LogP contribution in [0.1, 0.15) is 12.8 Å². The Morgan fingerprint density at radius 3 is 2.52 bits per heavy atom. The van der Waals surface area contributed by atoms with Gasteiger partial charge in [0.05, 0.1) is 7.11 Å². The SMILES string of the molecule is COc1cc(N2CCCC2)nc(Nc2ccc(F)cc2)n1.